The Hall–Kier alpha value is -2.70. The third-order valence-electron chi connectivity index (χ3n) is 6.72. The summed E-state index contributed by atoms with van der Waals surface area (Å²) in [5, 5.41) is 10.5. The third kappa shape index (κ3) is 4.03. The highest BCUT2D eigenvalue weighted by Crippen LogP contribution is 2.48. The molecule has 5 rings (SSSR count). The molecule has 2 aromatic rings. The number of pyridine rings is 1. The maximum atomic E-state index is 13.3. The van der Waals surface area contributed by atoms with Crippen molar-refractivity contribution < 1.29 is 9.53 Å². The minimum absolute atomic E-state index is 0.0669. The van der Waals surface area contributed by atoms with E-state index in [1.807, 2.05) is 6.07 Å². The number of carbonyl (C=O) groups excluding carboxylic acids is 1. The summed E-state index contributed by atoms with van der Waals surface area (Å²) in [6, 6.07) is 8.08. The van der Waals surface area contributed by atoms with Crippen molar-refractivity contribution >= 4 is 34.4 Å². The van der Waals surface area contributed by atoms with Gasteiger partial charge in [-0.25, -0.2) is 4.98 Å². The number of allylic oxidation sites excluding steroid dienone is 3. The molecule has 2 N–H and O–H groups in total. The van der Waals surface area contributed by atoms with Gasteiger partial charge in [0.2, 0.25) is 0 Å². The van der Waals surface area contributed by atoms with Crippen LogP contribution in [0.5, 0.6) is 0 Å². The second-order valence-electron chi connectivity index (χ2n) is 8.75. The molecule has 1 aliphatic carbocycles. The maximum Gasteiger partial charge on any atom is 0.161 e. The number of nitrogens with two attached hydrogens (primary N) is 1. The van der Waals surface area contributed by atoms with Crippen LogP contribution in [0.1, 0.15) is 40.5 Å². The molecule has 1 saturated heterocycles. The van der Waals surface area contributed by atoms with Crippen molar-refractivity contribution in [1.82, 2.24) is 9.88 Å². The summed E-state index contributed by atoms with van der Waals surface area (Å²) in [6.45, 7) is 6.22. The predicted octanol–water partition coefficient (Wildman–Crippen LogP) is 4.24. The highest BCUT2D eigenvalue weighted by molar-refractivity contribution is 7.12. The lowest BCUT2D eigenvalue weighted by Gasteiger charge is -2.39. The Bertz CT molecular complexity index is 1240. The Morgan fingerprint density at radius 3 is 2.88 bits per heavy atom. The van der Waals surface area contributed by atoms with Gasteiger partial charge < -0.3 is 10.5 Å². The quantitative estimate of drug-likeness (QED) is 0.633. The molecule has 2 aromatic heterocycles. The van der Waals surface area contributed by atoms with Crippen LogP contribution in [-0.4, -0.2) is 42.0 Å². The molecule has 1 atom stereocenters. The summed E-state index contributed by atoms with van der Waals surface area (Å²) in [7, 11) is 0. The molecular weight excluding hydrogens is 470 g/mol. The van der Waals surface area contributed by atoms with Crippen molar-refractivity contribution in [2.24, 2.45) is 5.73 Å². The zero-order valence-corrected chi connectivity index (χ0v) is 20.6. The average molecular weight is 496 g/mol. The number of morpholine rings is 1. The van der Waals surface area contributed by atoms with Crippen LogP contribution in [0.2, 0.25) is 5.15 Å². The van der Waals surface area contributed by atoms with Crippen molar-refractivity contribution in [2.45, 2.75) is 38.6 Å². The Kier molecular flexibility index (Phi) is 6.45. The zero-order valence-electron chi connectivity index (χ0n) is 19.0. The Balaban J connectivity index is 1.61. The second kappa shape index (κ2) is 9.51. The fourth-order valence-corrected chi connectivity index (χ4v) is 6.40. The number of anilines is 1. The monoisotopic (exact) mass is 495 g/mol. The van der Waals surface area contributed by atoms with Gasteiger partial charge in [0.1, 0.15) is 5.82 Å². The minimum Gasteiger partial charge on any atom is -0.384 e. The Morgan fingerprint density at radius 2 is 2.15 bits per heavy atom. The van der Waals surface area contributed by atoms with Crippen LogP contribution in [-0.2, 0) is 16.1 Å². The van der Waals surface area contributed by atoms with Gasteiger partial charge in [0.05, 0.1) is 36.5 Å². The van der Waals surface area contributed by atoms with Crippen molar-refractivity contribution in [3.8, 4) is 6.07 Å². The van der Waals surface area contributed by atoms with Crippen LogP contribution in [0.15, 0.2) is 47.1 Å². The standard InChI is InChI=1S/C25H26ClN5O2S/c1-15-16(14-30-8-10-33-11-9-30)12-21(34-15)22-17(13-27)25(28)31(19-5-3-7-29-24(19)26)18-4-2-6-20(32)23(18)22/h3,5,7,12,22H,2,4,6,8-11,14,28H2,1H3. The van der Waals surface area contributed by atoms with E-state index in [0.717, 1.165) is 49.8 Å². The summed E-state index contributed by atoms with van der Waals surface area (Å²) in [5.41, 5.74) is 10.3. The second-order valence-corrected chi connectivity index (χ2v) is 10.4. The molecule has 9 heteroatoms. The molecule has 1 fully saturated rings. The first kappa shape index (κ1) is 23.1. The molecule has 7 nitrogen and oxygen atoms in total. The van der Waals surface area contributed by atoms with Crippen molar-refractivity contribution in [1.29, 1.82) is 5.26 Å². The van der Waals surface area contributed by atoms with Gasteiger partial charge in [0.15, 0.2) is 10.9 Å². The molecule has 0 saturated carbocycles. The highest BCUT2D eigenvalue weighted by atomic mass is 35.5. The molecule has 0 radical (unpaired) electrons. The van der Waals surface area contributed by atoms with E-state index in [0.29, 0.717) is 35.5 Å². The number of nitrogens with zero attached hydrogens (tertiary/aromatic N) is 4. The molecule has 176 valence electrons. The molecule has 2 aliphatic heterocycles. The lowest BCUT2D eigenvalue weighted by atomic mass is 9.78. The molecule has 0 amide bonds. The molecule has 4 heterocycles. The molecule has 3 aliphatic rings. The minimum atomic E-state index is -0.457. The van der Waals surface area contributed by atoms with Gasteiger partial charge >= 0.3 is 0 Å². The third-order valence-corrected chi connectivity index (χ3v) is 8.16. The summed E-state index contributed by atoms with van der Waals surface area (Å²) < 4.78 is 5.48. The first-order valence-corrected chi connectivity index (χ1v) is 12.6. The number of halogens is 1. The van der Waals surface area contributed by atoms with E-state index < -0.39 is 5.92 Å². The highest BCUT2D eigenvalue weighted by Gasteiger charge is 2.41. The predicted molar refractivity (Wildman–Crippen MR) is 132 cm³/mol. The lowest BCUT2D eigenvalue weighted by molar-refractivity contribution is -0.116. The molecule has 0 aromatic carbocycles. The van der Waals surface area contributed by atoms with Gasteiger partial charge in [0.25, 0.3) is 0 Å². The fraction of sp³-hybridized carbons (Fsp3) is 0.400. The van der Waals surface area contributed by atoms with E-state index >= 15 is 0 Å². The Labute approximate surface area is 208 Å². The summed E-state index contributed by atoms with van der Waals surface area (Å²) in [4.78, 5) is 23.8. The first-order valence-electron chi connectivity index (χ1n) is 11.5. The number of ether oxygens (including phenoxy) is 1. The smallest absolute Gasteiger partial charge is 0.161 e. The number of thiophene rings is 1. The molecule has 0 spiro atoms. The van der Waals surface area contributed by atoms with E-state index in [1.165, 1.54) is 10.4 Å². The summed E-state index contributed by atoms with van der Waals surface area (Å²) in [5.74, 6) is -0.0736. The van der Waals surface area contributed by atoms with Crippen LogP contribution in [0.4, 0.5) is 5.69 Å². The van der Waals surface area contributed by atoms with Gasteiger partial charge in [-0.05, 0) is 43.5 Å². The molecule has 0 bridgehead atoms. The molecular formula is C25H26ClN5O2S. The van der Waals surface area contributed by atoms with Gasteiger partial charge in [-0.3, -0.25) is 14.6 Å². The number of hydrogen-bond acceptors (Lipinski definition) is 8. The van der Waals surface area contributed by atoms with Gasteiger partial charge in [-0.2, -0.15) is 5.26 Å². The van der Waals surface area contributed by atoms with E-state index in [9.17, 15) is 10.1 Å². The van der Waals surface area contributed by atoms with Crippen LogP contribution in [0.3, 0.4) is 0 Å². The normalized spacial score (nSPS) is 21.6. The molecule has 34 heavy (non-hydrogen) atoms. The first-order chi connectivity index (χ1) is 16.5. The van der Waals surface area contributed by atoms with Crippen molar-refractivity contribution in [3.63, 3.8) is 0 Å². The average Bonchev–Trinajstić information content (AvgIpc) is 3.19. The van der Waals surface area contributed by atoms with Gasteiger partial charge in [-0.15, -0.1) is 11.3 Å². The lowest BCUT2D eigenvalue weighted by Crippen LogP contribution is -2.38. The zero-order chi connectivity index (χ0) is 23.8. The van der Waals surface area contributed by atoms with E-state index in [4.69, 9.17) is 22.1 Å². The number of rotatable bonds is 4. The van der Waals surface area contributed by atoms with Crippen LogP contribution in [0, 0.1) is 18.3 Å². The number of Topliss-reactive ketones (excluding diaryl/α,β-unsaturated/α-hetero) is 1. The van der Waals surface area contributed by atoms with Crippen LogP contribution in [0.25, 0.3) is 0 Å². The number of aryl methyl sites for hydroxylation is 1. The van der Waals surface area contributed by atoms with Gasteiger partial charge in [-0.1, -0.05) is 11.6 Å². The van der Waals surface area contributed by atoms with E-state index in [-0.39, 0.29) is 10.9 Å². The summed E-state index contributed by atoms with van der Waals surface area (Å²) in [6.07, 6.45) is 3.50. The summed E-state index contributed by atoms with van der Waals surface area (Å²) >= 11 is 8.07. The number of hydrogen-bond donors (Lipinski definition) is 1. The van der Waals surface area contributed by atoms with Crippen LogP contribution >= 0.6 is 22.9 Å². The van der Waals surface area contributed by atoms with Gasteiger partial charge in [0, 0.05) is 53.3 Å². The van der Waals surface area contributed by atoms with E-state index in [2.05, 4.69) is 28.9 Å². The molecule has 1 unspecified atom stereocenters. The van der Waals surface area contributed by atoms with Crippen molar-refractivity contribution in [3.05, 3.63) is 67.5 Å². The number of nitriles is 1. The largest absolute Gasteiger partial charge is 0.384 e. The number of carbonyl (C=O) groups is 1. The number of aromatic nitrogens is 1. The number of ketones is 1. The SMILES string of the molecule is Cc1sc(C2C(C#N)=C(N)N(c3cccnc3Cl)C3=C2C(=O)CCC3)cc1CN1CCOCC1. The van der Waals surface area contributed by atoms with Crippen LogP contribution < -0.4 is 10.6 Å². The fourth-order valence-electron chi connectivity index (χ4n) is 5.03. The topological polar surface area (TPSA) is 95.5 Å². The Morgan fingerprint density at radius 1 is 1.35 bits per heavy atom. The maximum absolute atomic E-state index is 13.3. The van der Waals surface area contributed by atoms with E-state index in [1.54, 1.807) is 28.5 Å². The van der Waals surface area contributed by atoms with Crippen molar-refractivity contribution in [2.75, 3.05) is 31.2 Å².